The summed E-state index contributed by atoms with van der Waals surface area (Å²) < 4.78 is 32.6. The average molecular weight is 563 g/mol. The highest BCUT2D eigenvalue weighted by Gasteiger charge is 2.30. The average Bonchev–Trinajstić information content (AvgIpc) is 3.64. The molecule has 1 amide bonds. The van der Waals surface area contributed by atoms with E-state index in [4.69, 9.17) is 4.79 Å². The van der Waals surface area contributed by atoms with Crippen molar-refractivity contribution >= 4 is 30.3 Å². The molecule has 0 radical (unpaired) electrons. The number of amides is 1. The maximum Gasteiger partial charge on any atom is 0.292 e. The van der Waals surface area contributed by atoms with Crippen LogP contribution in [0.2, 0.25) is 0 Å². The summed E-state index contributed by atoms with van der Waals surface area (Å²) in [5.41, 5.74) is 4.08. The normalized spacial score (nSPS) is 16.7. The second-order valence-corrected chi connectivity index (χ2v) is 10.7. The number of ether oxygens (including phenoxy) is 1. The highest BCUT2D eigenvalue weighted by molar-refractivity contribution is 5.76. The largest absolute Gasteiger partial charge is 0.471 e. The first-order valence-electron chi connectivity index (χ1n) is 14.0. The van der Waals surface area contributed by atoms with Crippen LogP contribution in [-0.4, -0.2) is 34.1 Å². The Morgan fingerprint density at radius 2 is 1.46 bits per heavy atom. The molecule has 41 heavy (non-hydrogen) atoms. The number of nitrogens with zero attached hydrogens (tertiary/aromatic N) is 2. The lowest BCUT2D eigenvalue weighted by atomic mass is 10.0. The van der Waals surface area contributed by atoms with Gasteiger partial charge in [0.05, 0.1) is 13.7 Å². The lowest BCUT2D eigenvalue weighted by Gasteiger charge is -2.19. The molecule has 0 atom stereocenters. The number of hydrogen-bond acceptors (Lipinski definition) is 4. The third-order valence-electron chi connectivity index (χ3n) is 7.56. The zero-order chi connectivity index (χ0) is 29.8. The van der Waals surface area contributed by atoms with Crippen molar-refractivity contribution in [3.8, 4) is 11.1 Å². The Morgan fingerprint density at radius 1 is 0.854 bits per heavy atom. The van der Waals surface area contributed by atoms with Crippen LogP contribution in [0.3, 0.4) is 0 Å². The second-order valence-electron chi connectivity index (χ2n) is 10.7. The summed E-state index contributed by atoms with van der Waals surface area (Å²) in [4.78, 5) is 23.9. The fourth-order valence-corrected chi connectivity index (χ4v) is 5.41. The second kappa shape index (κ2) is 15.7. The molecule has 0 N–H and O–H groups in total. The number of rotatable bonds is 8. The van der Waals surface area contributed by atoms with Crippen molar-refractivity contribution in [1.82, 2.24) is 0 Å². The van der Waals surface area contributed by atoms with Crippen molar-refractivity contribution in [2.45, 2.75) is 45.6 Å². The van der Waals surface area contributed by atoms with Crippen molar-refractivity contribution < 1.29 is 23.1 Å². The van der Waals surface area contributed by atoms with Gasteiger partial charge in [0.2, 0.25) is 6.41 Å². The van der Waals surface area contributed by atoms with E-state index in [9.17, 15) is 13.6 Å². The van der Waals surface area contributed by atoms with Gasteiger partial charge in [0, 0.05) is 31.0 Å². The predicted molar refractivity (Wildman–Crippen MR) is 163 cm³/mol. The lowest BCUT2D eigenvalue weighted by Crippen LogP contribution is -2.21. The molecule has 2 bridgehead atoms. The third-order valence-corrected chi connectivity index (χ3v) is 7.56. The van der Waals surface area contributed by atoms with Crippen LogP contribution in [0.15, 0.2) is 66.7 Å². The Kier molecular flexibility index (Phi) is 12.1. The number of methoxy groups -OCH3 is 1. The highest BCUT2D eigenvalue weighted by Crippen LogP contribution is 2.43. The number of halogens is 2. The number of hydrogen-bond donors (Lipinski definition) is 0. The lowest BCUT2D eigenvalue weighted by molar-refractivity contribution is -0.126. The Morgan fingerprint density at radius 3 is 1.93 bits per heavy atom. The van der Waals surface area contributed by atoms with Crippen LogP contribution in [-0.2, 0) is 20.9 Å². The molecule has 5 nitrogen and oxygen atoms in total. The van der Waals surface area contributed by atoms with Gasteiger partial charge in [-0.1, -0.05) is 62.1 Å². The fourth-order valence-electron chi connectivity index (χ4n) is 5.41. The predicted octanol–water partition coefficient (Wildman–Crippen LogP) is 7.88. The van der Waals surface area contributed by atoms with E-state index in [1.807, 2.05) is 56.3 Å². The Labute approximate surface area is 242 Å². The first-order chi connectivity index (χ1) is 19.8. The Bertz CT molecular complexity index is 1290. The smallest absolute Gasteiger partial charge is 0.292 e. The maximum absolute atomic E-state index is 14.8. The van der Waals surface area contributed by atoms with Gasteiger partial charge in [-0.15, -0.1) is 0 Å². The molecule has 2 aliphatic carbocycles. The molecule has 0 unspecified atom stereocenters. The maximum atomic E-state index is 14.8. The van der Waals surface area contributed by atoms with Crippen molar-refractivity contribution in [3.63, 3.8) is 0 Å². The number of fused-ring (bicyclic) bond motifs is 2. The van der Waals surface area contributed by atoms with Crippen LogP contribution < -0.4 is 9.80 Å². The molecule has 0 saturated heterocycles. The molecule has 5 rings (SSSR count). The van der Waals surface area contributed by atoms with Crippen LogP contribution in [0.1, 0.15) is 50.2 Å². The van der Waals surface area contributed by atoms with E-state index in [-0.39, 0.29) is 6.54 Å². The van der Waals surface area contributed by atoms with E-state index in [2.05, 4.69) is 4.74 Å². The minimum Gasteiger partial charge on any atom is -0.471 e. The van der Waals surface area contributed by atoms with E-state index in [1.54, 1.807) is 56.4 Å². The number of carbonyl (C=O) groups is 2. The SMILES string of the molecule is C/C=C/c1cc(F)cc(N(C=O)Cc2ccc(-c3ccc(N(C)C)cc3)cc2F)c1.C1CC2CCC1C2.COC=O. The highest BCUT2D eigenvalue weighted by atomic mass is 19.1. The molecule has 0 aromatic heterocycles. The van der Waals surface area contributed by atoms with Gasteiger partial charge in [-0.05, 0) is 78.3 Å². The van der Waals surface area contributed by atoms with Crippen LogP contribution >= 0.6 is 0 Å². The summed E-state index contributed by atoms with van der Waals surface area (Å²) in [7, 11) is 5.23. The van der Waals surface area contributed by atoms with Crippen LogP contribution in [0.4, 0.5) is 20.2 Å². The van der Waals surface area contributed by atoms with Gasteiger partial charge >= 0.3 is 0 Å². The Balaban J connectivity index is 0.000000347. The molecule has 3 aromatic carbocycles. The van der Waals surface area contributed by atoms with Crippen molar-refractivity contribution in [3.05, 3.63) is 89.5 Å². The van der Waals surface area contributed by atoms with Crippen LogP contribution in [0.5, 0.6) is 0 Å². The first kappa shape index (κ1) is 31.5. The molecule has 3 aromatic rings. The summed E-state index contributed by atoms with van der Waals surface area (Å²) in [6, 6.07) is 17.1. The van der Waals surface area contributed by atoms with Gasteiger partial charge in [-0.3, -0.25) is 9.59 Å². The molecule has 0 heterocycles. The molecule has 218 valence electrons. The van der Waals surface area contributed by atoms with Gasteiger partial charge in [0.1, 0.15) is 11.6 Å². The van der Waals surface area contributed by atoms with Gasteiger partial charge in [0.25, 0.3) is 6.47 Å². The number of carbonyl (C=O) groups excluding carboxylic acids is 2. The zero-order valence-electron chi connectivity index (χ0n) is 24.4. The molecule has 0 aliphatic heterocycles. The van der Waals surface area contributed by atoms with E-state index in [0.717, 1.165) is 16.8 Å². The van der Waals surface area contributed by atoms with E-state index in [1.165, 1.54) is 42.0 Å². The van der Waals surface area contributed by atoms with Crippen LogP contribution in [0, 0.1) is 23.5 Å². The number of benzene rings is 3. The molecule has 2 aliphatic rings. The first-order valence-corrected chi connectivity index (χ1v) is 14.0. The van der Waals surface area contributed by atoms with Crippen molar-refractivity contribution in [2.75, 3.05) is 31.0 Å². The summed E-state index contributed by atoms with van der Waals surface area (Å²) in [5.74, 6) is 1.47. The molecule has 2 saturated carbocycles. The minimum atomic E-state index is -0.454. The van der Waals surface area contributed by atoms with E-state index < -0.39 is 11.6 Å². The number of anilines is 2. The summed E-state index contributed by atoms with van der Waals surface area (Å²) >= 11 is 0. The molecule has 0 spiro atoms. The van der Waals surface area contributed by atoms with Crippen molar-refractivity contribution in [2.24, 2.45) is 11.8 Å². The van der Waals surface area contributed by atoms with Gasteiger partial charge < -0.3 is 14.5 Å². The monoisotopic (exact) mass is 562 g/mol. The summed E-state index contributed by atoms with van der Waals surface area (Å²) in [6.45, 7) is 2.21. The molecule has 7 heteroatoms. The molecule has 2 fully saturated rings. The fraction of sp³-hybridized carbons (Fsp3) is 0.353. The van der Waals surface area contributed by atoms with E-state index in [0.29, 0.717) is 29.7 Å². The molecular formula is C34H40F2N2O3. The van der Waals surface area contributed by atoms with Gasteiger partial charge in [-0.25, -0.2) is 8.78 Å². The third kappa shape index (κ3) is 9.27. The minimum absolute atomic E-state index is 0.00785. The number of allylic oxidation sites excluding steroid dienone is 1. The van der Waals surface area contributed by atoms with Gasteiger partial charge in [-0.2, -0.15) is 0 Å². The Hall–Kier alpha value is -4.00. The topological polar surface area (TPSA) is 49.9 Å². The standard InChI is InChI=1S/C25H24F2N2O.C7H12.C2H4O2/c1-4-5-18-12-22(26)15-24(13-18)29(17-30)16-21-7-6-20(14-25(21)27)19-8-10-23(11-9-19)28(2)3;1-2-7-4-3-6(1)5-7;1-4-2-3/h4-15,17H,16H2,1-3H3;6-7H,1-5H2;2H,1H3/b5-4+;;. The quantitative estimate of drug-likeness (QED) is 0.262. The van der Waals surface area contributed by atoms with Crippen molar-refractivity contribution in [1.29, 1.82) is 0 Å². The van der Waals surface area contributed by atoms with E-state index >= 15 is 0 Å². The summed E-state index contributed by atoms with van der Waals surface area (Å²) in [5, 5.41) is 0. The summed E-state index contributed by atoms with van der Waals surface area (Å²) in [6.07, 6.45) is 11.9. The molecular weight excluding hydrogens is 522 g/mol. The van der Waals surface area contributed by atoms with Gasteiger partial charge in [0.15, 0.2) is 0 Å². The van der Waals surface area contributed by atoms with Crippen LogP contribution in [0.25, 0.3) is 17.2 Å². The zero-order valence-corrected chi connectivity index (χ0v) is 24.4.